The molecule has 2 aromatic carbocycles. The summed E-state index contributed by atoms with van der Waals surface area (Å²) in [4.78, 5) is 4.61. The number of fused-ring (bicyclic) bond motifs is 1. The minimum absolute atomic E-state index is 0.868. The Morgan fingerprint density at radius 3 is 2.32 bits per heavy atom. The first kappa shape index (κ1) is 13.2. The molecule has 0 N–H and O–H groups in total. The van der Waals surface area contributed by atoms with Crippen molar-refractivity contribution in [2.45, 2.75) is 0 Å². The van der Waals surface area contributed by atoms with Gasteiger partial charge in [-0.2, -0.15) is 5.10 Å². The molecule has 0 spiro atoms. The second-order valence-electron chi connectivity index (χ2n) is 5.04. The van der Waals surface area contributed by atoms with Gasteiger partial charge >= 0.3 is 0 Å². The van der Waals surface area contributed by atoms with E-state index in [0.29, 0.717) is 0 Å². The summed E-state index contributed by atoms with van der Waals surface area (Å²) in [5.41, 5.74) is 5.20. The van der Waals surface area contributed by atoms with Gasteiger partial charge in [-0.25, -0.2) is 9.50 Å². The van der Waals surface area contributed by atoms with Gasteiger partial charge in [0.05, 0.1) is 6.20 Å². The SMILES string of the molecule is Brc1ccc(-c2cnc3c(-c4ccccc4)cnn3c2)cc1. The van der Waals surface area contributed by atoms with Gasteiger partial charge in [0.25, 0.3) is 0 Å². The molecular formula is C18H12BrN3. The molecule has 0 radical (unpaired) electrons. The Balaban J connectivity index is 1.82. The molecule has 4 rings (SSSR count). The fraction of sp³-hybridized carbons (Fsp3) is 0. The second-order valence-corrected chi connectivity index (χ2v) is 5.96. The summed E-state index contributed by atoms with van der Waals surface area (Å²) in [6.45, 7) is 0. The zero-order chi connectivity index (χ0) is 14.9. The van der Waals surface area contributed by atoms with Crippen LogP contribution in [0.4, 0.5) is 0 Å². The Morgan fingerprint density at radius 1 is 0.773 bits per heavy atom. The summed E-state index contributed by atoms with van der Waals surface area (Å²) in [6, 6.07) is 18.4. The van der Waals surface area contributed by atoms with Crippen molar-refractivity contribution in [3.8, 4) is 22.3 Å². The smallest absolute Gasteiger partial charge is 0.162 e. The fourth-order valence-electron chi connectivity index (χ4n) is 2.49. The van der Waals surface area contributed by atoms with Gasteiger partial charge in [-0.05, 0) is 23.3 Å². The van der Waals surface area contributed by atoms with E-state index in [4.69, 9.17) is 0 Å². The van der Waals surface area contributed by atoms with Gasteiger partial charge in [0, 0.05) is 28.0 Å². The third-order valence-corrected chi connectivity index (χ3v) is 4.15. The average Bonchev–Trinajstić information content (AvgIpc) is 2.99. The maximum Gasteiger partial charge on any atom is 0.162 e. The molecule has 3 nitrogen and oxygen atoms in total. The first-order chi connectivity index (χ1) is 10.8. The summed E-state index contributed by atoms with van der Waals surface area (Å²) in [6.07, 6.45) is 5.77. The van der Waals surface area contributed by atoms with Crippen LogP contribution in [0.25, 0.3) is 27.9 Å². The molecule has 0 aliphatic rings. The second kappa shape index (κ2) is 5.39. The third kappa shape index (κ3) is 2.31. The molecule has 0 aliphatic carbocycles. The molecule has 0 amide bonds. The number of benzene rings is 2. The molecule has 2 aromatic heterocycles. The normalized spacial score (nSPS) is 11.0. The van der Waals surface area contributed by atoms with Gasteiger partial charge in [0.1, 0.15) is 0 Å². The van der Waals surface area contributed by atoms with E-state index in [9.17, 15) is 0 Å². The lowest BCUT2D eigenvalue weighted by Crippen LogP contribution is -1.92. The van der Waals surface area contributed by atoms with Crippen LogP contribution in [0, 0.1) is 0 Å². The van der Waals surface area contributed by atoms with Crippen molar-refractivity contribution in [3.63, 3.8) is 0 Å². The highest BCUT2D eigenvalue weighted by molar-refractivity contribution is 9.10. The maximum atomic E-state index is 4.61. The number of aromatic nitrogens is 3. The highest BCUT2D eigenvalue weighted by Crippen LogP contribution is 2.25. The molecule has 106 valence electrons. The molecule has 4 heteroatoms. The highest BCUT2D eigenvalue weighted by Gasteiger charge is 2.08. The Kier molecular flexibility index (Phi) is 3.24. The largest absolute Gasteiger partial charge is 0.236 e. The minimum Gasteiger partial charge on any atom is -0.236 e. The Hall–Kier alpha value is -2.46. The van der Waals surface area contributed by atoms with Crippen molar-refractivity contribution >= 4 is 21.6 Å². The summed E-state index contributed by atoms with van der Waals surface area (Å²) in [5, 5.41) is 4.44. The monoisotopic (exact) mass is 349 g/mol. The van der Waals surface area contributed by atoms with Gasteiger partial charge in [0.2, 0.25) is 0 Å². The molecule has 4 aromatic rings. The molecule has 0 aliphatic heterocycles. The molecule has 0 saturated heterocycles. The van der Waals surface area contributed by atoms with Crippen molar-refractivity contribution in [1.82, 2.24) is 14.6 Å². The molecule has 0 unspecified atom stereocenters. The molecule has 0 atom stereocenters. The van der Waals surface area contributed by atoms with Crippen LogP contribution in [0.5, 0.6) is 0 Å². The van der Waals surface area contributed by atoms with Gasteiger partial charge in [-0.1, -0.05) is 58.4 Å². The van der Waals surface area contributed by atoms with E-state index in [0.717, 1.165) is 32.4 Å². The van der Waals surface area contributed by atoms with E-state index in [2.05, 4.69) is 50.3 Å². The molecule has 22 heavy (non-hydrogen) atoms. The lowest BCUT2D eigenvalue weighted by atomic mass is 10.1. The number of nitrogens with zero attached hydrogens (tertiary/aromatic N) is 3. The maximum absolute atomic E-state index is 4.61. The van der Waals surface area contributed by atoms with Crippen molar-refractivity contribution in [2.75, 3.05) is 0 Å². The van der Waals surface area contributed by atoms with Crippen molar-refractivity contribution in [1.29, 1.82) is 0 Å². The van der Waals surface area contributed by atoms with E-state index in [1.165, 1.54) is 0 Å². The Labute approximate surface area is 136 Å². The Bertz CT molecular complexity index is 928. The molecule has 2 heterocycles. The van der Waals surface area contributed by atoms with Crippen LogP contribution in [0.2, 0.25) is 0 Å². The van der Waals surface area contributed by atoms with Crippen LogP contribution in [0.1, 0.15) is 0 Å². The third-order valence-electron chi connectivity index (χ3n) is 3.62. The fourth-order valence-corrected chi connectivity index (χ4v) is 2.75. The quantitative estimate of drug-likeness (QED) is 0.519. The number of hydrogen-bond acceptors (Lipinski definition) is 2. The van der Waals surface area contributed by atoms with Crippen molar-refractivity contribution < 1.29 is 0 Å². The van der Waals surface area contributed by atoms with Crippen molar-refractivity contribution in [3.05, 3.63) is 77.7 Å². The molecule has 0 bridgehead atoms. The molecular weight excluding hydrogens is 338 g/mol. The Morgan fingerprint density at radius 2 is 1.55 bits per heavy atom. The van der Waals surface area contributed by atoms with Crippen molar-refractivity contribution in [2.24, 2.45) is 0 Å². The molecule has 0 fully saturated rings. The van der Waals surface area contributed by atoms with Crippen LogP contribution in [-0.2, 0) is 0 Å². The van der Waals surface area contributed by atoms with Crippen LogP contribution in [0.15, 0.2) is 77.7 Å². The van der Waals surface area contributed by atoms with Gasteiger partial charge in [0.15, 0.2) is 5.65 Å². The van der Waals surface area contributed by atoms with Gasteiger partial charge in [-0.15, -0.1) is 0 Å². The zero-order valence-electron chi connectivity index (χ0n) is 11.6. The topological polar surface area (TPSA) is 30.2 Å². The number of halogens is 1. The van der Waals surface area contributed by atoms with Gasteiger partial charge in [-0.3, -0.25) is 0 Å². The molecule has 0 saturated carbocycles. The average molecular weight is 350 g/mol. The summed E-state index contributed by atoms with van der Waals surface area (Å²) < 4.78 is 2.90. The standard InChI is InChI=1S/C18H12BrN3/c19-16-8-6-13(7-9-16)15-10-20-18-17(11-21-22(18)12-15)14-4-2-1-3-5-14/h1-12H. The predicted molar refractivity (Wildman–Crippen MR) is 91.6 cm³/mol. The van der Waals surface area contributed by atoms with E-state index in [1.54, 1.807) is 0 Å². The van der Waals surface area contributed by atoms with Crippen LogP contribution in [0.3, 0.4) is 0 Å². The number of rotatable bonds is 2. The number of hydrogen-bond donors (Lipinski definition) is 0. The zero-order valence-corrected chi connectivity index (χ0v) is 13.2. The van der Waals surface area contributed by atoms with Crippen LogP contribution in [-0.4, -0.2) is 14.6 Å². The van der Waals surface area contributed by atoms with Gasteiger partial charge < -0.3 is 0 Å². The predicted octanol–water partition coefficient (Wildman–Crippen LogP) is 4.83. The van der Waals surface area contributed by atoms with Crippen LogP contribution >= 0.6 is 15.9 Å². The summed E-state index contributed by atoms with van der Waals surface area (Å²) >= 11 is 3.45. The van der Waals surface area contributed by atoms with E-state index < -0.39 is 0 Å². The lowest BCUT2D eigenvalue weighted by molar-refractivity contribution is 0.941. The van der Waals surface area contributed by atoms with E-state index in [-0.39, 0.29) is 0 Å². The lowest BCUT2D eigenvalue weighted by Gasteiger charge is -2.03. The summed E-state index contributed by atoms with van der Waals surface area (Å²) in [7, 11) is 0. The first-order valence-corrected chi connectivity index (χ1v) is 7.75. The highest BCUT2D eigenvalue weighted by atomic mass is 79.9. The van der Waals surface area contributed by atoms with E-state index >= 15 is 0 Å². The van der Waals surface area contributed by atoms with E-state index in [1.807, 2.05) is 53.4 Å². The minimum atomic E-state index is 0.868. The summed E-state index contributed by atoms with van der Waals surface area (Å²) in [5.74, 6) is 0. The first-order valence-electron chi connectivity index (χ1n) is 6.96. The van der Waals surface area contributed by atoms with Crippen LogP contribution < -0.4 is 0 Å².